The van der Waals surface area contributed by atoms with E-state index in [9.17, 15) is 9.59 Å². The van der Waals surface area contributed by atoms with Gasteiger partial charge in [0.1, 0.15) is 0 Å². The zero-order valence-corrected chi connectivity index (χ0v) is 14.0. The quantitative estimate of drug-likeness (QED) is 0.855. The highest BCUT2D eigenvalue weighted by atomic mass is 35.5. The third-order valence-electron chi connectivity index (χ3n) is 4.54. The van der Waals surface area contributed by atoms with Crippen LogP contribution in [0.25, 0.3) is 0 Å². The van der Waals surface area contributed by atoms with Gasteiger partial charge in [0.2, 0.25) is 11.8 Å². The number of hydrogen-bond acceptors (Lipinski definition) is 3. The van der Waals surface area contributed by atoms with Gasteiger partial charge in [-0.2, -0.15) is 0 Å². The van der Waals surface area contributed by atoms with E-state index in [2.05, 4.69) is 10.6 Å². The molecule has 2 amide bonds. The zero-order valence-electron chi connectivity index (χ0n) is 13.2. The van der Waals surface area contributed by atoms with Crippen LogP contribution in [0.3, 0.4) is 0 Å². The molecule has 126 valence electrons. The molecule has 0 spiro atoms. The third kappa shape index (κ3) is 4.45. The Hall–Kier alpha value is -1.59. The number of carbonyl (C=O) groups excluding carboxylic acids is 2. The lowest BCUT2D eigenvalue weighted by molar-refractivity contribution is -0.128. The molecule has 2 aliphatic heterocycles. The van der Waals surface area contributed by atoms with E-state index in [1.165, 1.54) is 0 Å². The van der Waals surface area contributed by atoms with Gasteiger partial charge in [-0.25, -0.2) is 0 Å². The van der Waals surface area contributed by atoms with E-state index in [0.717, 1.165) is 43.6 Å². The van der Waals surface area contributed by atoms with Crippen LogP contribution in [0.1, 0.15) is 30.4 Å². The number of rotatable bonds is 5. The lowest BCUT2D eigenvalue weighted by atomic mass is 10.1. The van der Waals surface area contributed by atoms with Crippen molar-refractivity contribution in [1.82, 2.24) is 15.5 Å². The second-order valence-corrected chi connectivity index (χ2v) is 6.10. The van der Waals surface area contributed by atoms with Crippen molar-refractivity contribution in [3.63, 3.8) is 0 Å². The Labute approximate surface area is 143 Å². The van der Waals surface area contributed by atoms with Gasteiger partial charge in [-0.15, -0.1) is 12.4 Å². The topological polar surface area (TPSA) is 61.4 Å². The van der Waals surface area contributed by atoms with E-state index in [0.29, 0.717) is 19.5 Å². The molecule has 2 aliphatic rings. The summed E-state index contributed by atoms with van der Waals surface area (Å²) < 4.78 is 0. The number of nitrogens with zero attached hydrogens (tertiary/aromatic N) is 1. The molecule has 5 nitrogen and oxygen atoms in total. The zero-order chi connectivity index (χ0) is 15.4. The summed E-state index contributed by atoms with van der Waals surface area (Å²) in [7, 11) is 0. The molecule has 0 aromatic heterocycles. The predicted molar refractivity (Wildman–Crippen MR) is 91.2 cm³/mol. The van der Waals surface area contributed by atoms with Gasteiger partial charge in [0.15, 0.2) is 0 Å². The van der Waals surface area contributed by atoms with Crippen LogP contribution in [0.5, 0.6) is 0 Å². The maximum atomic E-state index is 12.1. The Bertz CT molecular complexity index is 559. The number of nitrogens with one attached hydrogen (secondary N) is 2. The van der Waals surface area contributed by atoms with Crippen molar-refractivity contribution < 1.29 is 9.59 Å². The standard InChI is InChI=1S/C17H23N3O2.ClH/c21-16-6-3-9-20(16)12-15-5-2-1-4-13(15)11-19-17(22)14-7-8-18-10-14;/h1-2,4-5,14,18H,3,6-12H2,(H,19,22);1H. The van der Waals surface area contributed by atoms with Crippen molar-refractivity contribution in [2.75, 3.05) is 19.6 Å². The molecule has 1 atom stereocenters. The lowest BCUT2D eigenvalue weighted by Gasteiger charge is -2.18. The molecule has 23 heavy (non-hydrogen) atoms. The molecule has 0 saturated carbocycles. The average molecular weight is 338 g/mol. The second kappa shape index (κ2) is 8.31. The fourth-order valence-electron chi connectivity index (χ4n) is 3.17. The first-order valence-corrected chi connectivity index (χ1v) is 8.07. The first kappa shape index (κ1) is 17.8. The summed E-state index contributed by atoms with van der Waals surface area (Å²) in [6, 6.07) is 8.04. The Kier molecular flexibility index (Phi) is 6.42. The third-order valence-corrected chi connectivity index (χ3v) is 4.54. The Morgan fingerprint density at radius 2 is 2.09 bits per heavy atom. The van der Waals surface area contributed by atoms with Crippen LogP contribution in [0, 0.1) is 5.92 Å². The van der Waals surface area contributed by atoms with E-state index >= 15 is 0 Å². The molecule has 2 heterocycles. The fraction of sp³-hybridized carbons (Fsp3) is 0.529. The maximum Gasteiger partial charge on any atom is 0.224 e. The molecule has 0 bridgehead atoms. The predicted octanol–water partition coefficient (Wildman–Crippen LogP) is 1.46. The van der Waals surface area contributed by atoms with Gasteiger partial charge in [0.05, 0.1) is 5.92 Å². The Morgan fingerprint density at radius 1 is 1.30 bits per heavy atom. The highest BCUT2D eigenvalue weighted by molar-refractivity contribution is 5.85. The molecule has 3 rings (SSSR count). The highest BCUT2D eigenvalue weighted by Crippen LogP contribution is 2.17. The molecule has 1 aromatic rings. The van der Waals surface area contributed by atoms with E-state index in [1.807, 2.05) is 29.2 Å². The van der Waals surface area contributed by atoms with Crippen LogP contribution in [-0.4, -0.2) is 36.3 Å². The smallest absolute Gasteiger partial charge is 0.224 e. The van der Waals surface area contributed by atoms with Crippen LogP contribution >= 0.6 is 12.4 Å². The number of hydrogen-bond donors (Lipinski definition) is 2. The number of halogens is 1. The van der Waals surface area contributed by atoms with E-state index in [1.54, 1.807) is 0 Å². The summed E-state index contributed by atoms with van der Waals surface area (Å²) in [6.45, 7) is 3.72. The van der Waals surface area contributed by atoms with Gasteiger partial charge in [-0.1, -0.05) is 24.3 Å². The SMILES string of the molecule is Cl.O=C(NCc1ccccc1CN1CCCC1=O)C1CCNC1. The summed E-state index contributed by atoms with van der Waals surface area (Å²) in [5.74, 6) is 0.445. The molecule has 0 aliphatic carbocycles. The van der Waals surface area contributed by atoms with Crippen molar-refractivity contribution in [2.24, 2.45) is 5.92 Å². The number of amides is 2. The minimum atomic E-state index is 0. The highest BCUT2D eigenvalue weighted by Gasteiger charge is 2.23. The summed E-state index contributed by atoms with van der Waals surface area (Å²) in [6.07, 6.45) is 2.52. The van der Waals surface area contributed by atoms with Crippen molar-refractivity contribution in [3.8, 4) is 0 Å². The van der Waals surface area contributed by atoms with Crippen LogP contribution in [0.2, 0.25) is 0 Å². The Balaban J connectivity index is 0.00000192. The number of benzene rings is 1. The van der Waals surface area contributed by atoms with Crippen LogP contribution in [0.4, 0.5) is 0 Å². The molecule has 2 saturated heterocycles. The van der Waals surface area contributed by atoms with Gasteiger partial charge in [0, 0.05) is 32.6 Å². The largest absolute Gasteiger partial charge is 0.352 e. The summed E-state index contributed by atoms with van der Waals surface area (Å²) >= 11 is 0. The van der Waals surface area contributed by atoms with Gasteiger partial charge >= 0.3 is 0 Å². The minimum Gasteiger partial charge on any atom is -0.352 e. The molecule has 1 aromatic carbocycles. The Morgan fingerprint density at radius 3 is 2.74 bits per heavy atom. The second-order valence-electron chi connectivity index (χ2n) is 6.10. The minimum absolute atomic E-state index is 0. The van der Waals surface area contributed by atoms with Gasteiger partial charge in [-0.3, -0.25) is 9.59 Å². The molecule has 0 radical (unpaired) electrons. The van der Waals surface area contributed by atoms with E-state index < -0.39 is 0 Å². The maximum absolute atomic E-state index is 12.1. The van der Waals surface area contributed by atoms with Gasteiger partial charge in [0.25, 0.3) is 0 Å². The number of likely N-dealkylation sites (tertiary alicyclic amines) is 1. The number of carbonyl (C=O) groups is 2. The van der Waals surface area contributed by atoms with E-state index in [-0.39, 0.29) is 30.1 Å². The lowest BCUT2D eigenvalue weighted by Crippen LogP contribution is -2.32. The van der Waals surface area contributed by atoms with Crippen LogP contribution in [0.15, 0.2) is 24.3 Å². The average Bonchev–Trinajstić information content (AvgIpc) is 3.19. The van der Waals surface area contributed by atoms with Gasteiger partial charge in [-0.05, 0) is 30.5 Å². The molecule has 1 unspecified atom stereocenters. The summed E-state index contributed by atoms with van der Waals surface area (Å²) in [5, 5.41) is 6.25. The van der Waals surface area contributed by atoms with Crippen LogP contribution in [-0.2, 0) is 22.7 Å². The molecular formula is C17H24ClN3O2. The first-order chi connectivity index (χ1) is 10.7. The molecule has 6 heteroatoms. The van der Waals surface area contributed by atoms with Crippen molar-refractivity contribution >= 4 is 24.2 Å². The van der Waals surface area contributed by atoms with Gasteiger partial charge < -0.3 is 15.5 Å². The fourth-order valence-corrected chi connectivity index (χ4v) is 3.17. The summed E-state index contributed by atoms with van der Waals surface area (Å²) in [4.78, 5) is 25.8. The molecular weight excluding hydrogens is 314 g/mol. The normalized spacial score (nSPS) is 20.4. The molecule has 2 N–H and O–H groups in total. The molecule has 2 fully saturated rings. The van der Waals surface area contributed by atoms with Crippen molar-refractivity contribution in [1.29, 1.82) is 0 Å². The van der Waals surface area contributed by atoms with Crippen molar-refractivity contribution in [2.45, 2.75) is 32.4 Å². The van der Waals surface area contributed by atoms with Crippen molar-refractivity contribution in [3.05, 3.63) is 35.4 Å². The van der Waals surface area contributed by atoms with Crippen LogP contribution < -0.4 is 10.6 Å². The summed E-state index contributed by atoms with van der Waals surface area (Å²) in [5.41, 5.74) is 2.23. The monoisotopic (exact) mass is 337 g/mol. The first-order valence-electron chi connectivity index (χ1n) is 8.07. The van der Waals surface area contributed by atoms with E-state index in [4.69, 9.17) is 0 Å².